The second-order valence-corrected chi connectivity index (χ2v) is 3.98. The van der Waals surface area contributed by atoms with Gasteiger partial charge in [0.15, 0.2) is 12.5 Å². The molecule has 0 saturated carbocycles. The van der Waals surface area contributed by atoms with Crippen LogP contribution in [0.25, 0.3) is 0 Å². The summed E-state index contributed by atoms with van der Waals surface area (Å²) < 4.78 is 10.9. The van der Waals surface area contributed by atoms with Gasteiger partial charge in [-0.05, 0) is 5.56 Å². The predicted molar refractivity (Wildman–Crippen MR) is 61.7 cm³/mol. The van der Waals surface area contributed by atoms with Gasteiger partial charge in [0.05, 0.1) is 19.3 Å². The van der Waals surface area contributed by atoms with E-state index < -0.39 is 6.23 Å². The monoisotopic (exact) mass is 236 g/mol. The molecule has 0 spiro atoms. The van der Waals surface area contributed by atoms with Crippen LogP contribution in [0.1, 0.15) is 5.56 Å². The van der Waals surface area contributed by atoms with Crippen LogP contribution in [0.3, 0.4) is 0 Å². The molecule has 2 atom stereocenters. The molecule has 2 N–H and O–H groups in total. The molecule has 1 unspecified atom stereocenters. The van der Waals surface area contributed by atoms with Crippen LogP contribution in [0, 0.1) is 0 Å². The minimum Gasteiger partial charge on any atom is -0.374 e. The van der Waals surface area contributed by atoms with Gasteiger partial charge in [0.2, 0.25) is 0 Å². The van der Waals surface area contributed by atoms with Crippen LogP contribution in [0.5, 0.6) is 0 Å². The number of nitrogens with two attached hydrogens (primary N) is 1. The normalized spacial score (nSPS) is 25.0. The molecule has 0 aliphatic carbocycles. The van der Waals surface area contributed by atoms with E-state index in [2.05, 4.69) is 0 Å². The molecule has 5 nitrogen and oxygen atoms in total. The summed E-state index contributed by atoms with van der Waals surface area (Å²) in [5, 5.41) is 1.38. The highest BCUT2D eigenvalue weighted by molar-refractivity contribution is 5.55. The maximum Gasteiger partial charge on any atom is 0.179 e. The lowest BCUT2D eigenvalue weighted by Crippen LogP contribution is -2.37. The Bertz CT molecular complexity index is 358. The first kappa shape index (κ1) is 12.2. The maximum atomic E-state index is 10.6. The van der Waals surface area contributed by atoms with Crippen molar-refractivity contribution in [1.29, 1.82) is 0 Å². The minimum atomic E-state index is -0.639. The van der Waals surface area contributed by atoms with E-state index in [9.17, 15) is 4.79 Å². The van der Waals surface area contributed by atoms with E-state index in [1.807, 2.05) is 30.3 Å². The number of nitrogens with zero attached hydrogens (tertiary/aromatic N) is 1. The molecule has 92 valence electrons. The number of carbonyl (C=O) groups is 1. The van der Waals surface area contributed by atoms with E-state index in [1.54, 1.807) is 0 Å². The highest BCUT2D eigenvalue weighted by atomic mass is 16.6. The lowest BCUT2D eigenvalue weighted by atomic mass is 10.2. The van der Waals surface area contributed by atoms with Crippen molar-refractivity contribution in [1.82, 2.24) is 5.01 Å². The smallest absolute Gasteiger partial charge is 0.179 e. The Labute approximate surface area is 100 Å². The van der Waals surface area contributed by atoms with E-state index in [1.165, 1.54) is 5.01 Å². The van der Waals surface area contributed by atoms with Crippen LogP contribution >= 0.6 is 0 Å². The summed E-state index contributed by atoms with van der Waals surface area (Å²) in [7, 11) is 0. The molecule has 0 aromatic heterocycles. The maximum absolute atomic E-state index is 10.6. The van der Waals surface area contributed by atoms with Crippen molar-refractivity contribution in [3.05, 3.63) is 35.9 Å². The van der Waals surface area contributed by atoms with E-state index in [4.69, 9.17) is 15.3 Å². The molecule has 5 heteroatoms. The number of rotatable bonds is 5. The summed E-state index contributed by atoms with van der Waals surface area (Å²) in [5.74, 6) is 5.58. The summed E-state index contributed by atoms with van der Waals surface area (Å²) in [4.78, 5) is 10.6. The van der Waals surface area contributed by atoms with E-state index in [0.717, 1.165) is 5.56 Å². The number of carbonyl (C=O) groups excluding carboxylic acids is 1. The van der Waals surface area contributed by atoms with E-state index in [0.29, 0.717) is 26.0 Å². The summed E-state index contributed by atoms with van der Waals surface area (Å²) in [6.45, 7) is 1.49. The molecule has 0 bridgehead atoms. The molecular formula is C12H16N2O3. The molecule has 1 fully saturated rings. The fraction of sp³-hybridized carbons (Fsp3) is 0.417. The average molecular weight is 236 g/mol. The Kier molecular flexibility index (Phi) is 4.22. The Morgan fingerprint density at radius 2 is 2.24 bits per heavy atom. The molecule has 0 radical (unpaired) electrons. The molecule has 1 saturated heterocycles. The zero-order valence-electron chi connectivity index (χ0n) is 9.49. The number of aldehydes is 1. The zero-order chi connectivity index (χ0) is 12.1. The first-order chi connectivity index (χ1) is 8.29. The third kappa shape index (κ3) is 3.34. The average Bonchev–Trinajstić information content (AvgIpc) is 2.71. The van der Waals surface area contributed by atoms with Crippen LogP contribution in [0.15, 0.2) is 30.3 Å². The highest BCUT2D eigenvalue weighted by Crippen LogP contribution is 2.11. The largest absolute Gasteiger partial charge is 0.374 e. The van der Waals surface area contributed by atoms with Crippen molar-refractivity contribution in [3.8, 4) is 0 Å². The van der Waals surface area contributed by atoms with Crippen LogP contribution in [0.4, 0.5) is 0 Å². The fourth-order valence-electron chi connectivity index (χ4n) is 1.74. The molecule has 2 rings (SSSR count). The summed E-state index contributed by atoms with van der Waals surface area (Å²) in [6.07, 6.45) is -0.0868. The quantitative estimate of drug-likeness (QED) is 0.588. The van der Waals surface area contributed by atoms with Crippen LogP contribution in [-0.4, -0.2) is 36.8 Å². The van der Waals surface area contributed by atoms with Crippen molar-refractivity contribution in [3.63, 3.8) is 0 Å². The van der Waals surface area contributed by atoms with Gasteiger partial charge in [-0.2, -0.15) is 0 Å². The summed E-state index contributed by atoms with van der Waals surface area (Å²) in [6, 6.07) is 9.89. The zero-order valence-corrected chi connectivity index (χ0v) is 9.49. The van der Waals surface area contributed by atoms with Gasteiger partial charge in [-0.15, -0.1) is 0 Å². The van der Waals surface area contributed by atoms with Crippen LogP contribution in [-0.2, 0) is 20.9 Å². The van der Waals surface area contributed by atoms with Crippen LogP contribution < -0.4 is 5.84 Å². The van der Waals surface area contributed by atoms with Gasteiger partial charge in [0.1, 0.15) is 0 Å². The Morgan fingerprint density at radius 1 is 1.47 bits per heavy atom. The fourth-order valence-corrected chi connectivity index (χ4v) is 1.74. The lowest BCUT2D eigenvalue weighted by molar-refractivity contribution is -0.125. The Hall–Kier alpha value is -1.27. The molecule has 1 heterocycles. The lowest BCUT2D eigenvalue weighted by Gasteiger charge is -2.09. The molecule has 1 aliphatic heterocycles. The van der Waals surface area contributed by atoms with Crippen LogP contribution in [0.2, 0.25) is 0 Å². The van der Waals surface area contributed by atoms with Gasteiger partial charge >= 0.3 is 0 Å². The Morgan fingerprint density at radius 3 is 2.88 bits per heavy atom. The first-order valence-corrected chi connectivity index (χ1v) is 5.53. The molecule has 17 heavy (non-hydrogen) atoms. The third-order valence-electron chi connectivity index (χ3n) is 2.60. The SMILES string of the molecule is NN1C[C@H](COCc2ccccc2)OC1C=O. The van der Waals surface area contributed by atoms with Crippen molar-refractivity contribution in [2.75, 3.05) is 13.2 Å². The van der Waals surface area contributed by atoms with Gasteiger partial charge in [-0.3, -0.25) is 10.6 Å². The topological polar surface area (TPSA) is 64.8 Å². The van der Waals surface area contributed by atoms with E-state index >= 15 is 0 Å². The van der Waals surface area contributed by atoms with E-state index in [-0.39, 0.29) is 6.10 Å². The van der Waals surface area contributed by atoms with Gasteiger partial charge in [-0.1, -0.05) is 30.3 Å². The van der Waals surface area contributed by atoms with Crippen molar-refractivity contribution in [2.24, 2.45) is 5.84 Å². The van der Waals surface area contributed by atoms with Crippen molar-refractivity contribution >= 4 is 6.29 Å². The predicted octanol–water partition coefficient (Wildman–Crippen LogP) is 0.303. The Balaban J connectivity index is 1.71. The van der Waals surface area contributed by atoms with Crippen molar-refractivity contribution in [2.45, 2.75) is 18.9 Å². The number of hydrogen-bond donors (Lipinski definition) is 1. The van der Waals surface area contributed by atoms with Gasteiger partial charge in [0, 0.05) is 6.54 Å². The molecule has 1 aromatic rings. The number of ether oxygens (including phenoxy) is 2. The number of hydrogen-bond acceptors (Lipinski definition) is 5. The van der Waals surface area contributed by atoms with Gasteiger partial charge in [-0.25, -0.2) is 5.01 Å². The molecular weight excluding hydrogens is 220 g/mol. The number of benzene rings is 1. The summed E-state index contributed by atoms with van der Waals surface area (Å²) in [5.41, 5.74) is 1.11. The molecule has 1 aromatic carbocycles. The second kappa shape index (κ2) is 5.88. The first-order valence-electron chi connectivity index (χ1n) is 5.53. The highest BCUT2D eigenvalue weighted by Gasteiger charge is 2.30. The second-order valence-electron chi connectivity index (χ2n) is 3.98. The molecule has 0 amide bonds. The summed E-state index contributed by atoms with van der Waals surface area (Å²) >= 11 is 0. The third-order valence-corrected chi connectivity index (χ3v) is 2.60. The van der Waals surface area contributed by atoms with Gasteiger partial charge < -0.3 is 9.47 Å². The molecule has 1 aliphatic rings. The standard InChI is InChI=1S/C12H16N2O3/c13-14-6-11(17-12(14)7-15)9-16-8-10-4-2-1-3-5-10/h1-5,7,11-12H,6,8-9,13H2/t11-,12?/m1/s1. The minimum absolute atomic E-state index is 0.140. The van der Waals surface area contributed by atoms with Gasteiger partial charge in [0.25, 0.3) is 0 Å². The van der Waals surface area contributed by atoms with Crippen molar-refractivity contribution < 1.29 is 14.3 Å². The number of hydrazine groups is 1.